The molecule has 1 N–H and O–H groups in total. The highest BCUT2D eigenvalue weighted by Gasteiger charge is 2.34. The Labute approximate surface area is 193 Å². The highest BCUT2D eigenvalue weighted by molar-refractivity contribution is 6.16. The number of phenolic OH excluding ortho intramolecular Hbond substituents is 1. The summed E-state index contributed by atoms with van der Waals surface area (Å²) in [7, 11) is 1.58. The first-order valence-electron chi connectivity index (χ1n) is 11.2. The van der Waals surface area contributed by atoms with Crippen LogP contribution in [0.25, 0.3) is 6.08 Å². The van der Waals surface area contributed by atoms with Crippen molar-refractivity contribution in [3.63, 3.8) is 0 Å². The molecule has 1 saturated heterocycles. The maximum absolute atomic E-state index is 13.2. The third kappa shape index (κ3) is 4.59. The average Bonchev–Trinajstić information content (AvgIpc) is 3.13. The number of aromatic hydroxyl groups is 1. The molecule has 33 heavy (non-hydrogen) atoms. The van der Waals surface area contributed by atoms with Gasteiger partial charge in [-0.1, -0.05) is 18.2 Å². The number of Topliss-reactive ketones (excluding diaryl/α,β-unsaturated/α-hetero) is 1. The Kier molecular flexibility index (Phi) is 6.70. The molecule has 0 saturated carbocycles. The van der Waals surface area contributed by atoms with Crippen molar-refractivity contribution >= 4 is 17.8 Å². The Bertz CT molecular complexity index is 1100. The van der Waals surface area contributed by atoms with Crippen molar-refractivity contribution in [3.8, 4) is 17.2 Å². The van der Waals surface area contributed by atoms with Gasteiger partial charge in [0.1, 0.15) is 17.2 Å². The number of carbonyl (C=O) groups excluding carboxylic acids is 2. The number of piperidine rings is 1. The molecular formula is C26H29NO6. The number of carbonyl (C=O) groups is 2. The Morgan fingerprint density at radius 1 is 1.27 bits per heavy atom. The molecular weight excluding hydrogens is 422 g/mol. The molecule has 174 valence electrons. The van der Waals surface area contributed by atoms with Crippen LogP contribution in [0.1, 0.15) is 46.8 Å². The van der Waals surface area contributed by atoms with Gasteiger partial charge in [-0.15, -0.1) is 0 Å². The molecule has 2 aromatic rings. The van der Waals surface area contributed by atoms with Gasteiger partial charge in [-0.05, 0) is 63.6 Å². The number of methoxy groups -OCH3 is 1. The highest BCUT2D eigenvalue weighted by Crippen LogP contribution is 2.43. The van der Waals surface area contributed by atoms with Crippen LogP contribution in [0, 0.1) is 12.8 Å². The molecule has 1 fully saturated rings. The van der Waals surface area contributed by atoms with Crippen LogP contribution in [0.4, 0.5) is 0 Å². The van der Waals surface area contributed by atoms with Crippen molar-refractivity contribution in [2.75, 3.05) is 26.8 Å². The monoisotopic (exact) mass is 451 g/mol. The van der Waals surface area contributed by atoms with Gasteiger partial charge in [0.2, 0.25) is 5.78 Å². The van der Waals surface area contributed by atoms with Crippen LogP contribution in [-0.2, 0) is 16.1 Å². The SMILES string of the molecule is CCOC(=O)C1CCN(Cc2c(O)cc(C)c3c2O/C(=C/c2ccccc2OC)C3=O)CC1. The summed E-state index contributed by atoms with van der Waals surface area (Å²) >= 11 is 0. The fraction of sp³-hybridized carbons (Fsp3) is 0.385. The number of rotatable bonds is 6. The van der Waals surface area contributed by atoms with Gasteiger partial charge in [0.05, 0.1) is 30.8 Å². The number of allylic oxidation sites excluding steroid dienone is 1. The normalized spacial score (nSPS) is 17.7. The molecule has 2 aromatic carbocycles. The Morgan fingerprint density at radius 3 is 2.70 bits per heavy atom. The number of ether oxygens (including phenoxy) is 3. The van der Waals surface area contributed by atoms with Crippen molar-refractivity contribution in [1.29, 1.82) is 0 Å². The predicted octanol–water partition coefficient (Wildman–Crippen LogP) is 4.10. The second-order valence-corrected chi connectivity index (χ2v) is 8.38. The van der Waals surface area contributed by atoms with Crippen LogP contribution < -0.4 is 9.47 Å². The van der Waals surface area contributed by atoms with Gasteiger partial charge in [0, 0.05) is 12.1 Å². The van der Waals surface area contributed by atoms with E-state index in [0.717, 1.165) is 5.56 Å². The van der Waals surface area contributed by atoms with Crippen molar-refractivity contribution < 1.29 is 28.9 Å². The lowest BCUT2D eigenvalue weighted by Gasteiger charge is -2.31. The number of esters is 1. The van der Waals surface area contributed by atoms with Crippen molar-refractivity contribution in [3.05, 3.63) is 58.3 Å². The summed E-state index contributed by atoms with van der Waals surface area (Å²) < 4.78 is 16.6. The highest BCUT2D eigenvalue weighted by atomic mass is 16.5. The van der Waals surface area contributed by atoms with Crippen molar-refractivity contribution in [2.45, 2.75) is 33.2 Å². The number of likely N-dealkylation sites (tertiary alicyclic amines) is 1. The minimum absolute atomic E-state index is 0.0910. The van der Waals surface area contributed by atoms with E-state index in [4.69, 9.17) is 14.2 Å². The Hall–Kier alpha value is -3.32. The van der Waals surface area contributed by atoms with Gasteiger partial charge in [0.25, 0.3) is 0 Å². The lowest BCUT2D eigenvalue weighted by atomic mass is 9.95. The standard InChI is InChI=1S/C26H29NO6/c1-4-32-26(30)17-9-11-27(12-10-17)15-19-20(28)13-16(2)23-24(29)22(33-25(19)23)14-18-7-5-6-8-21(18)31-3/h5-8,13-14,17,28H,4,9-12,15H2,1-3H3/b22-14+. The molecule has 2 aliphatic heterocycles. The van der Waals surface area contributed by atoms with E-state index in [1.165, 1.54) is 0 Å². The molecule has 7 heteroatoms. The molecule has 0 spiro atoms. The first-order chi connectivity index (χ1) is 15.9. The Balaban J connectivity index is 1.57. The first kappa shape index (κ1) is 22.9. The number of benzene rings is 2. The number of para-hydroxylation sites is 1. The second kappa shape index (κ2) is 9.67. The van der Waals surface area contributed by atoms with Gasteiger partial charge in [-0.3, -0.25) is 14.5 Å². The van der Waals surface area contributed by atoms with Gasteiger partial charge < -0.3 is 19.3 Å². The van der Waals surface area contributed by atoms with Crippen LogP contribution in [0.2, 0.25) is 0 Å². The van der Waals surface area contributed by atoms with Crippen LogP contribution in [0.3, 0.4) is 0 Å². The van der Waals surface area contributed by atoms with Gasteiger partial charge in [0.15, 0.2) is 5.76 Å². The van der Waals surface area contributed by atoms with Crippen molar-refractivity contribution in [2.24, 2.45) is 5.92 Å². The van der Waals surface area contributed by atoms with E-state index in [1.54, 1.807) is 26.2 Å². The van der Waals surface area contributed by atoms with Gasteiger partial charge in [-0.2, -0.15) is 0 Å². The third-order valence-electron chi connectivity index (χ3n) is 6.24. The summed E-state index contributed by atoms with van der Waals surface area (Å²) in [4.78, 5) is 27.4. The van der Waals surface area contributed by atoms with Crippen LogP contribution in [0.15, 0.2) is 36.1 Å². The first-order valence-corrected chi connectivity index (χ1v) is 11.2. The maximum Gasteiger partial charge on any atom is 0.309 e. The smallest absolute Gasteiger partial charge is 0.309 e. The molecule has 2 aliphatic rings. The van der Waals surface area contributed by atoms with E-state index in [9.17, 15) is 14.7 Å². The molecule has 0 atom stereocenters. The van der Waals surface area contributed by atoms with E-state index >= 15 is 0 Å². The van der Waals surface area contributed by atoms with Crippen molar-refractivity contribution in [1.82, 2.24) is 4.90 Å². The quantitative estimate of drug-likeness (QED) is 0.523. The lowest BCUT2D eigenvalue weighted by Crippen LogP contribution is -2.36. The number of aryl methyl sites for hydroxylation is 1. The summed E-state index contributed by atoms with van der Waals surface area (Å²) in [5.41, 5.74) is 2.47. The third-order valence-corrected chi connectivity index (χ3v) is 6.24. The molecule has 4 rings (SSSR count). The molecule has 7 nitrogen and oxygen atoms in total. The molecule has 0 bridgehead atoms. The van der Waals surface area contributed by atoms with Crippen LogP contribution in [0.5, 0.6) is 17.2 Å². The zero-order valence-electron chi connectivity index (χ0n) is 19.2. The van der Waals surface area contributed by atoms with E-state index in [-0.39, 0.29) is 29.2 Å². The van der Waals surface area contributed by atoms with E-state index in [0.29, 0.717) is 67.3 Å². The minimum atomic E-state index is -0.212. The topological polar surface area (TPSA) is 85.3 Å². The summed E-state index contributed by atoms with van der Waals surface area (Å²) in [5.74, 6) is 0.905. The minimum Gasteiger partial charge on any atom is -0.507 e. The molecule has 0 amide bonds. The maximum atomic E-state index is 13.2. The number of nitrogens with zero attached hydrogens (tertiary/aromatic N) is 1. The zero-order chi connectivity index (χ0) is 23.5. The van der Waals surface area contributed by atoms with E-state index in [2.05, 4.69) is 4.90 Å². The summed E-state index contributed by atoms with van der Waals surface area (Å²) in [6.45, 7) is 5.82. The molecule has 0 unspecified atom stereocenters. The van der Waals surface area contributed by atoms with Crippen LogP contribution >= 0.6 is 0 Å². The summed E-state index contributed by atoms with van der Waals surface area (Å²) in [6.07, 6.45) is 3.07. The predicted molar refractivity (Wildman–Crippen MR) is 123 cm³/mol. The fourth-order valence-corrected chi connectivity index (χ4v) is 4.47. The largest absolute Gasteiger partial charge is 0.507 e. The zero-order valence-corrected chi connectivity index (χ0v) is 19.2. The van der Waals surface area contributed by atoms with Gasteiger partial charge >= 0.3 is 5.97 Å². The number of hydrogen-bond donors (Lipinski definition) is 1. The summed E-state index contributed by atoms with van der Waals surface area (Å²) in [5, 5.41) is 10.7. The average molecular weight is 452 g/mol. The van der Waals surface area contributed by atoms with Gasteiger partial charge in [-0.25, -0.2) is 0 Å². The number of ketones is 1. The van der Waals surface area contributed by atoms with E-state index in [1.807, 2.05) is 31.2 Å². The lowest BCUT2D eigenvalue weighted by molar-refractivity contribution is -0.149. The number of phenols is 1. The second-order valence-electron chi connectivity index (χ2n) is 8.38. The van der Waals surface area contributed by atoms with Crippen LogP contribution in [-0.4, -0.2) is 48.6 Å². The molecule has 0 radical (unpaired) electrons. The molecule has 2 heterocycles. The van der Waals surface area contributed by atoms with E-state index < -0.39 is 0 Å². The fourth-order valence-electron chi connectivity index (χ4n) is 4.47. The molecule has 0 aliphatic carbocycles. The Morgan fingerprint density at radius 2 is 2.00 bits per heavy atom. The number of hydrogen-bond acceptors (Lipinski definition) is 7. The molecule has 0 aromatic heterocycles. The summed E-state index contributed by atoms with van der Waals surface area (Å²) in [6, 6.07) is 9.01. The number of fused-ring (bicyclic) bond motifs is 1.